The Labute approximate surface area is 151 Å². The molecule has 3 aromatic rings. The molecule has 5 nitrogen and oxygen atoms in total. The summed E-state index contributed by atoms with van der Waals surface area (Å²) in [5.74, 6) is 1.58. The number of amides is 1. The molecule has 0 N–H and O–H groups in total. The number of thiophene rings is 1. The molecule has 1 fully saturated rings. The number of likely N-dealkylation sites (tertiary alicyclic amines) is 1. The summed E-state index contributed by atoms with van der Waals surface area (Å²) >= 11 is 1.57. The van der Waals surface area contributed by atoms with Gasteiger partial charge in [0.1, 0.15) is 5.82 Å². The van der Waals surface area contributed by atoms with E-state index in [1.807, 2.05) is 40.1 Å². The quantitative estimate of drug-likeness (QED) is 0.722. The molecule has 4 heterocycles. The number of imidazole rings is 1. The van der Waals surface area contributed by atoms with Gasteiger partial charge in [-0.05, 0) is 42.8 Å². The molecule has 1 aliphatic rings. The molecular weight excluding hydrogens is 332 g/mol. The summed E-state index contributed by atoms with van der Waals surface area (Å²) in [4.78, 5) is 23.2. The third-order valence-electron chi connectivity index (χ3n) is 4.78. The van der Waals surface area contributed by atoms with Crippen molar-refractivity contribution in [3.8, 4) is 11.4 Å². The van der Waals surface area contributed by atoms with Crippen molar-refractivity contribution in [2.75, 3.05) is 13.1 Å². The first-order chi connectivity index (χ1) is 12.2. The summed E-state index contributed by atoms with van der Waals surface area (Å²) in [6, 6.07) is 5.88. The molecule has 0 aromatic carbocycles. The second kappa shape index (κ2) is 6.80. The zero-order chi connectivity index (χ0) is 17.2. The lowest BCUT2D eigenvalue weighted by Crippen LogP contribution is -2.29. The molecule has 0 radical (unpaired) electrons. The second-order valence-corrected chi connectivity index (χ2v) is 7.27. The van der Waals surface area contributed by atoms with E-state index < -0.39 is 0 Å². The van der Waals surface area contributed by atoms with Gasteiger partial charge in [0.2, 0.25) is 0 Å². The number of hydrogen-bond acceptors (Lipinski definition) is 4. The van der Waals surface area contributed by atoms with Gasteiger partial charge in [-0.3, -0.25) is 9.78 Å². The van der Waals surface area contributed by atoms with Gasteiger partial charge in [-0.15, -0.1) is 0 Å². The van der Waals surface area contributed by atoms with E-state index in [0.717, 1.165) is 48.7 Å². The summed E-state index contributed by atoms with van der Waals surface area (Å²) in [7, 11) is 0. The molecule has 25 heavy (non-hydrogen) atoms. The van der Waals surface area contributed by atoms with Crippen LogP contribution < -0.4 is 0 Å². The fourth-order valence-corrected chi connectivity index (χ4v) is 4.05. The highest BCUT2D eigenvalue weighted by Gasteiger charge is 2.28. The molecule has 1 atom stereocenters. The number of carbonyl (C=O) groups excluding carboxylic acids is 1. The average Bonchev–Trinajstić information content (AvgIpc) is 3.38. The Morgan fingerprint density at radius 3 is 2.92 bits per heavy atom. The Morgan fingerprint density at radius 2 is 2.16 bits per heavy atom. The fourth-order valence-electron chi connectivity index (χ4n) is 3.42. The zero-order valence-electron chi connectivity index (χ0n) is 14.1. The molecule has 0 spiro atoms. The van der Waals surface area contributed by atoms with Crippen LogP contribution in [0.4, 0.5) is 0 Å². The zero-order valence-corrected chi connectivity index (χ0v) is 14.9. The highest BCUT2D eigenvalue weighted by molar-refractivity contribution is 7.08. The molecule has 1 saturated heterocycles. The van der Waals surface area contributed by atoms with Crippen LogP contribution in [0.5, 0.6) is 0 Å². The molecular formula is C19H20N4OS. The molecule has 1 aliphatic heterocycles. The Bertz CT molecular complexity index is 857. The lowest BCUT2D eigenvalue weighted by Gasteiger charge is -2.17. The summed E-state index contributed by atoms with van der Waals surface area (Å²) in [5.41, 5.74) is 3.03. The van der Waals surface area contributed by atoms with E-state index in [1.54, 1.807) is 23.7 Å². The normalized spacial score (nSPS) is 17.2. The van der Waals surface area contributed by atoms with Gasteiger partial charge in [-0.1, -0.05) is 0 Å². The van der Waals surface area contributed by atoms with Crippen molar-refractivity contribution in [2.24, 2.45) is 5.92 Å². The van der Waals surface area contributed by atoms with Crippen LogP contribution in [0.3, 0.4) is 0 Å². The maximum absolute atomic E-state index is 12.5. The maximum Gasteiger partial charge on any atom is 0.254 e. The summed E-state index contributed by atoms with van der Waals surface area (Å²) < 4.78 is 2.26. The third-order valence-corrected chi connectivity index (χ3v) is 5.46. The van der Waals surface area contributed by atoms with Crippen molar-refractivity contribution in [3.05, 3.63) is 58.8 Å². The molecule has 0 aliphatic carbocycles. The molecule has 3 aromatic heterocycles. The number of rotatable bonds is 4. The van der Waals surface area contributed by atoms with Crippen LogP contribution in [-0.4, -0.2) is 38.4 Å². The Balaban J connectivity index is 1.49. The molecule has 6 heteroatoms. The lowest BCUT2D eigenvalue weighted by molar-refractivity contribution is 0.0786. The Kier molecular flexibility index (Phi) is 4.36. The number of nitrogens with zero attached hydrogens (tertiary/aromatic N) is 4. The van der Waals surface area contributed by atoms with Crippen molar-refractivity contribution in [1.29, 1.82) is 0 Å². The first kappa shape index (κ1) is 16.0. The minimum atomic E-state index is 0.153. The largest absolute Gasteiger partial charge is 0.338 e. The van der Waals surface area contributed by atoms with Gasteiger partial charge in [0.05, 0.1) is 5.56 Å². The van der Waals surface area contributed by atoms with Crippen LogP contribution in [0.1, 0.15) is 22.5 Å². The Hall–Kier alpha value is -2.47. The van der Waals surface area contributed by atoms with Crippen LogP contribution in [0.15, 0.2) is 47.5 Å². The minimum absolute atomic E-state index is 0.153. The standard InChI is InChI=1S/C19H20N4OS/c1-14-10-21-18(16-2-6-20-7-3-16)23(14)12-15-4-8-22(11-15)19(24)17-5-9-25-13-17/h2-3,5-7,9-10,13,15H,4,8,11-12H2,1H3. The summed E-state index contributed by atoms with van der Waals surface area (Å²) in [6.45, 7) is 4.61. The predicted molar refractivity (Wildman–Crippen MR) is 98.5 cm³/mol. The van der Waals surface area contributed by atoms with Gasteiger partial charge in [-0.2, -0.15) is 11.3 Å². The summed E-state index contributed by atoms with van der Waals surface area (Å²) in [5, 5.41) is 3.88. The van der Waals surface area contributed by atoms with Gasteiger partial charge in [0.15, 0.2) is 0 Å². The number of pyridine rings is 1. The first-order valence-electron chi connectivity index (χ1n) is 8.46. The second-order valence-electron chi connectivity index (χ2n) is 6.49. The number of aromatic nitrogens is 3. The van der Waals surface area contributed by atoms with E-state index in [-0.39, 0.29) is 5.91 Å². The highest BCUT2D eigenvalue weighted by Crippen LogP contribution is 2.25. The van der Waals surface area contributed by atoms with Crippen LogP contribution in [0.25, 0.3) is 11.4 Å². The third kappa shape index (κ3) is 3.22. The Morgan fingerprint density at radius 1 is 1.32 bits per heavy atom. The van der Waals surface area contributed by atoms with Crippen molar-refractivity contribution in [3.63, 3.8) is 0 Å². The summed E-state index contributed by atoms with van der Waals surface area (Å²) in [6.07, 6.45) is 6.53. The van der Waals surface area contributed by atoms with Gasteiger partial charge < -0.3 is 9.47 Å². The monoisotopic (exact) mass is 352 g/mol. The van der Waals surface area contributed by atoms with Crippen LogP contribution in [0.2, 0.25) is 0 Å². The lowest BCUT2D eigenvalue weighted by atomic mass is 10.1. The molecule has 1 unspecified atom stereocenters. The minimum Gasteiger partial charge on any atom is -0.338 e. The van der Waals surface area contributed by atoms with E-state index in [2.05, 4.69) is 21.5 Å². The molecule has 0 bridgehead atoms. The molecule has 0 saturated carbocycles. The number of carbonyl (C=O) groups is 1. The smallest absolute Gasteiger partial charge is 0.254 e. The van der Waals surface area contributed by atoms with E-state index in [0.29, 0.717) is 5.92 Å². The van der Waals surface area contributed by atoms with E-state index >= 15 is 0 Å². The van der Waals surface area contributed by atoms with E-state index in [9.17, 15) is 4.79 Å². The highest BCUT2D eigenvalue weighted by atomic mass is 32.1. The van der Waals surface area contributed by atoms with Crippen molar-refractivity contribution in [1.82, 2.24) is 19.4 Å². The average molecular weight is 352 g/mol. The molecule has 4 rings (SSSR count). The van der Waals surface area contributed by atoms with Gasteiger partial charge >= 0.3 is 0 Å². The molecule has 1 amide bonds. The molecule has 128 valence electrons. The predicted octanol–water partition coefficient (Wildman–Crippen LogP) is 3.48. The van der Waals surface area contributed by atoms with E-state index in [4.69, 9.17) is 0 Å². The van der Waals surface area contributed by atoms with Crippen LogP contribution in [0, 0.1) is 12.8 Å². The van der Waals surface area contributed by atoms with Crippen LogP contribution >= 0.6 is 11.3 Å². The van der Waals surface area contributed by atoms with Crippen molar-refractivity contribution < 1.29 is 4.79 Å². The number of aryl methyl sites for hydroxylation is 1. The topological polar surface area (TPSA) is 51.0 Å². The van der Waals surface area contributed by atoms with Crippen molar-refractivity contribution in [2.45, 2.75) is 19.9 Å². The van der Waals surface area contributed by atoms with E-state index in [1.165, 1.54) is 0 Å². The van der Waals surface area contributed by atoms with Crippen molar-refractivity contribution >= 4 is 17.2 Å². The van der Waals surface area contributed by atoms with Gasteiger partial charge in [0.25, 0.3) is 5.91 Å². The number of hydrogen-bond donors (Lipinski definition) is 0. The first-order valence-corrected chi connectivity index (χ1v) is 9.40. The SMILES string of the molecule is Cc1cnc(-c2ccncc2)n1CC1CCN(C(=O)c2ccsc2)C1. The van der Waals surface area contributed by atoms with Gasteiger partial charge in [0, 0.05) is 54.9 Å². The fraction of sp³-hybridized carbons (Fsp3) is 0.316. The van der Waals surface area contributed by atoms with Crippen LogP contribution in [-0.2, 0) is 6.54 Å². The van der Waals surface area contributed by atoms with Gasteiger partial charge in [-0.25, -0.2) is 4.98 Å². The maximum atomic E-state index is 12.5.